The summed E-state index contributed by atoms with van der Waals surface area (Å²) in [6.45, 7) is 0. The zero-order valence-electron chi connectivity index (χ0n) is 8.87. The molecule has 0 aliphatic heterocycles. The average Bonchev–Trinajstić information content (AvgIpc) is 2.75. The molecule has 0 unspecified atom stereocenters. The van der Waals surface area contributed by atoms with Crippen molar-refractivity contribution in [2.24, 2.45) is 0 Å². The van der Waals surface area contributed by atoms with Crippen LogP contribution >= 0.6 is 27.3 Å². The Morgan fingerprint density at radius 1 is 1.47 bits per heavy atom. The molecule has 0 amide bonds. The second-order valence-corrected chi connectivity index (χ2v) is 5.58. The highest BCUT2D eigenvalue weighted by atomic mass is 79.9. The van der Waals surface area contributed by atoms with Gasteiger partial charge in [0.1, 0.15) is 0 Å². The summed E-state index contributed by atoms with van der Waals surface area (Å²) < 4.78 is 19.5. The molecule has 2 nitrogen and oxygen atoms in total. The third-order valence-electron chi connectivity index (χ3n) is 2.26. The Morgan fingerprint density at radius 2 is 2.24 bits per heavy atom. The fraction of sp³-hybridized carbons (Fsp3) is 0.0833. The van der Waals surface area contributed by atoms with Crippen LogP contribution in [0, 0.1) is 5.82 Å². The molecule has 1 aromatic heterocycles. The summed E-state index contributed by atoms with van der Waals surface area (Å²) in [4.78, 5) is 12.0. The summed E-state index contributed by atoms with van der Waals surface area (Å²) in [5.74, 6) is -0.893. The molecule has 1 heterocycles. The predicted octanol–water partition coefficient (Wildman–Crippen LogP) is 3.89. The number of ketones is 1. The molecular formula is C12H8BrFO2S. The van der Waals surface area contributed by atoms with Crippen LogP contribution in [0.5, 0.6) is 5.75 Å². The van der Waals surface area contributed by atoms with Crippen LogP contribution in [0.1, 0.15) is 15.9 Å². The first-order valence-electron chi connectivity index (χ1n) is 4.74. The summed E-state index contributed by atoms with van der Waals surface area (Å²) in [5.41, 5.74) is 0.490. The largest absolute Gasteiger partial charge is 0.494 e. The van der Waals surface area contributed by atoms with Gasteiger partial charge in [-0.2, -0.15) is 0 Å². The second-order valence-electron chi connectivity index (χ2n) is 3.29. The highest BCUT2D eigenvalue weighted by Crippen LogP contribution is 2.26. The minimum absolute atomic E-state index is 0.0228. The lowest BCUT2D eigenvalue weighted by atomic mass is 10.1. The van der Waals surface area contributed by atoms with Crippen LogP contribution in [-0.4, -0.2) is 12.9 Å². The van der Waals surface area contributed by atoms with Gasteiger partial charge in [0.2, 0.25) is 0 Å². The topological polar surface area (TPSA) is 26.3 Å². The summed E-state index contributed by atoms with van der Waals surface area (Å²) in [5, 5.41) is 1.69. The van der Waals surface area contributed by atoms with Crippen LogP contribution in [0.15, 0.2) is 33.4 Å². The van der Waals surface area contributed by atoms with Crippen LogP contribution < -0.4 is 4.74 Å². The summed E-state index contributed by atoms with van der Waals surface area (Å²) in [7, 11) is 1.37. The molecule has 0 radical (unpaired) electrons. The van der Waals surface area contributed by atoms with Crippen molar-refractivity contribution in [3.05, 3.63) is 50.4 Å². The fourth-order valence-electron chi connectivity index (χ4n) is 1.43. The number of hydrogen-bond donors (Lipinski definition) is 0. The molecule has 2 rings (SSSR count). The Hall–Kier alpha value is -1.20. The fourth-order valence-corrected chi connectivity index (χ4v) is 2.57. The third kappa shape index (κ3) is 2.40. The van der Waals surface area contributed by atoms with Crippen LogP contribution in [-0.2, 0) is 0 Å². The van der Waals surface area contributed by atoms with E-state index in [1.54, 1.807) is 17.5 Å². The van der Waals surface area contributed by atoms with Crippen LogP contribution in [0.4, 0.5) is 4.39 Å². The molecule has 0 fully saturated rings. The van der Waals surface area contributed by atoms with Crippen molar-refractivity contribution in [3.8, 4) is 5.75 Å². The number of methoxy groups -OCH3 is 1. The van der Waals surface area contributed by atoms with Gasteiger partial charge in [-0.15, -0.1) is 11.3 Å². The Kier molecular flexibility index (Phi) is 3.59. The summed E-state index contributed by atoms with van der Waals surface area (Å²) in [6, 6.07) is 6.20. The first kappa shape index (κ1) is 12.3. The number of carbonyl (C=O) groups excluding carboxylic acids is 1. The molecule has 1 aromatic carbocycles. The Balaban J connectivity index is 2.44. The summed E-state index contributed by atoms with van der Waals surface area (Å²) in [6.07, 6.45) is 0. The lowest BCUT2D eigenvalue weighted by Crippen LogP contribution is -2.04. The van der Waals surface area contributed by atoms with Crippen molar-refractivity contribution in [2.75, 3.05) is 7.11 Å². The molecule has 0 aliphatic rings. The minimum Gasteiger partial charge on any atom is -0.494 e. The van der Waals surface area contributed by atoms with Gasteiger partial charge in [-0.25, -0.2) is 4.39 Å². The Morgan fingerprint density at radius 3 is 2.82 bits per heavy atom. The number of hydrogen-bond acceptors (Lipinski definition) is 3. The average molecular weight is 315 g/mol. The lowest BCUT2D eigenvalue weighted by Gasteiger charge is -2.05. The standard InChI is InChI=1S/C12H8BrFO2S/c1-16-9-4-2-3-8(11(9)14)12(15)7-5-10(13)17-6-7/h2-6H,1H3. The van der Waals surface area contributed by atoms with E-state index in [0.717, 1.165) is 3.79 Å². The molecular weight excluding hydrogens is 307 g/mol. The van der Waals surface area contributed by atoms with E-state index in [9.17, 15) is 9.18 Å². The van der Waals surface area contributed by atoms with Gasteiger partial charge in [0.05, 0.1) is 16.5 Å². The number of carbonyl (C=O) groups is 1. The van der Waals surface area contributed by atoms with E-state index >= 15 is 0 Å². The molecule has 0 spiro atoms. The van der Waals surface area contributed by atoms with Crippen LogP contribution in [0.25, 0.3) is 0 Å². The molecule has 17 heavy (non-hydrogen) atoms. The molecule has 88 valence electrons. The van der Waals surface area contributed by atoms with E-state index in [2.05, 4.69) is 15.9 Å². The van der Waals surface area contributed by atoms with Crippen LogP contribution in [0.3, 0.4) is 0 Å². The monoisotopic (exact) mass is 314 g/mol. The zero-order valence-corrected chi connectivity index (χ0v) is 11.3. The third-order valence-corrected chi connectivity index (χ3v) is 3.76. The van der Waals surface area contributed by atoms with E-state index in [0.29, 0.717) is 5.56 Å². The van der Waals surface area contributed by atoms with E-state index in [1.807, 2.05) is 0 Å². The van der Waals surface area contributed by atoms with Crippen LogP contribution in [0.2, 0.25) is 0 Å². The highest BCUT2D eigenvalue weighted by Gasteiger charge is 2.17. The van der Waals surface area contributed by atoms with Gasteiger partial charge >= 0.3 is 0 Å². The van der Waals surface area contributed by atoms with Crippen molar-refractivity contribution in [2.45, 2.75) is 0 Å². The van der Waals surface area contributed by atoms with Gasteiger partial charge in [0, 0.05) is 10.9 Å². The van der Waals surface area contributed by atoms with Crippen molar-refractivity contribution < 1.29 is 13.9 Å². The first-order chi connectivity index (χ1) is 8.13. The minimum atomic E-state index is -0.623. The first-order valence-corrected chi connectivity index (χ1v) is 6.42. The van der Waals surface area contributed by atoms with E-state index in [-0.39, 0.29) is 17.1 Å². The van der Waals surface area contributed by atoms with E-state index in [1.165, 1.54) is 30.6 Å². The summed E-state index contributed by atoms with van der Waals surface area (Å²) >= 11 is 4.65. The Bertz CT molecular complexity index is 565. The molecule has 0 aliphatic carbocycles. The molecule has 0 N–H and O–H groups in total. The molecule has 0 saturated carbocycles. The maximum absolute atomic E-state index is 13.9. The smallest absolute Gasteiger partial charge is 0.196 e. The van der Waals surface area contributed by atoms with E-state index in [4.69, 9.17) is 4.74 Å². The zero-order chi connectivity index (χ0) is 12.4. The highest BCUT2D eigenvalue weighted by molar-refractivity contribution is 9.11. The van der Waals surface area contributed by atoms with Crippen molar-refractivity contribution >= 4 is 33.0 Å². The van der Waals surface area contributed by atoms with E-state index < -0.39 is 5.82 Å². The number of thiophene rings is 1. The maximum atomic E-state index is 13.9. The number of rotatable bonds is 3. The quantitative estimate of drug-likeness (QED) is 0.803. The van der Waals surface area contributed by atoms with Gasteiger partial charge in [-0.05, 0) is 34.1 Å². The SMILES string of the molecule is COc1cccc(C(=O)c2csc(Br)c2)c1F. The van der Waals surface area contributed by atoms with Gasteiger partial charge in [0.25, 0.3) is 0 Å². The van der Waals surface area contributed by atoms with Crippen molar-refractivity contribution in [1.29, 1.82) is 0 Å². The molecule has 0 bridgehead atoms. The number of ether oxygens (including phenoxy) is 1. The van der Waals surface area contributed by atoms with Gasteiger partial charge in [-0.3, -0.25) is 4.79 Å². The van der Waals surface area contributed by atoms with Crippen molar-refractivity contribution in [3.63, 3.8) is 0 Å². The Labute approximate surface area is 110 Å². The molecule has 0 saturated heterocycles. The second kappa shape index (κ2) is 4.98. The van der Waals surface area contributed by atoms with Gasteiger partial charge in [0.15, 0.2) is 17.3 Å². The number of halogens is 2. The number of benzene rings is 1. The predicted molar refractivity (Wildman–Crippen MR) is 68.4 cm³/mol. The molecule has 2 aromatic rings. The molecule has 0 atom stereocenters. The van der Waals surface area contributed by atoms with Crippen molar-refractivity contribution in [1.82, 2.24) is 0 Å². The van der Waals surface area contributed by atoms with Gasteiger partial charge < -0.3 is 4.74 Å². The molecule has 5 heteroatoms. The lowest BCUT2D eigenvalue weighted by molar-refractivity contribution is 0.103. The van der Waals surface area contributed by atoms with Gasteiger partial charge in [-0.1, -0.05) is 6.07 Å². The maximum Gasteiger partial charge on any atom is 0.196 e. The normalized spacial score (nSPS) is 10.3.